The van der Waals surface area contributed by atoms with E-state index in [9.17, 15) is 4.79 Å². The van der Waals surface area contributed by atoms with Crippen LogP contribution >= 0.6 is 0 Å². The minimum atomic E-state index is -0.730. The van der Waals surface area contributed by atoms with Crippen molar-refractivity contribution < 1.29 is 9.63 Å². The quantitative estimate of drug-likeness (QED) is 0.163. The number of allylic oxidation sites excluding steroid dienone is 2. The predicted octanol–water partition coefficient (Wildman–Crippen LogP) is -2.00. The third-order valence-electron chi connectivity index (χ3n) is 0.848. The fraction of sp³-hybridized carbons (Fsp3) is 0. The molecule has 62 valence electrons. The van der Waals surface area contributed by atoms with Gasteiger partial charge in [-0.25, -0.2) is 0 Å². The number of nitrogens with two attached hydrogens (primary N) is 4. The molecule has 0 saturated carbocycles. The number of carbonyl (C=O) groups excluding carboxylic acids is 1. The number of rotatable bonds is 3. The van der Waals surface area contributed by atoms with Crippen LogP contribution < -0.4 is 23.1 Å². The Labute approximate surface area is 63.4 Å². The lowest BCUT2D eigenvalue weighted by Gasteiger charge is -1.94. The Balaban J connectivity index is 4.22. The molecule has 11 heavy (non-hydrogen) atoms. The first-order valence-corrected chi connectivity index (χ1v) is 2.67. The Hall–Kier alpha value is -1.69. The number of hydrogen-bond acceptors (Lipinski definition) is 5. The molecule has 0 aliphatic heterocycles. The van der Waals surface area contributed by atoms with Gasteiger partial charge in [0.1, 0.15) is 0 Å². The van der Waals surface area contributed by atoms with Crippen LogP contribution in [-0.4, -0.2) is 5.91 Å². The summed E-state index contributed by atoms with van der Waals surface area (Å²) in [6.45, 7) is 0. The summed E-state index contributed by atoms with van der Waals surface area (Å²) in [6.07, 6.45) is 2.42. The van der Waals surface area contributed by atoms with Crippen molar-refractivity contribution in [2.75, 3.05) is 0 Å². The Morgan fingerprint density at radius 1 is 1.18 bits per heavy atom. The highest BCUT2D eigenvalue weighted by Gasteiger charge is 1.94. The van der Waals surface area contributed by atoms with E-state index >= 15 is 0 Å². The van der Waals surface area contributed by atoms with E-state index in [0.717, 1.165) is 0 Å². The van der Waals surface area contributed by atoms with Crippen molar-refractivity contribution in [1.29, 1.82) is 0 Å². The topological polar surface area (TPSA) is 130 Å². The maximum Gasteiger partial charge on any atom is 0.264 e. The molecule has 8 N–H and O–H groups in total. The monoisotopic (exact) mass is 158 g/mol. The van der Waals surface area contributed by atoms with Crippen LogP contribution in [-0.2, 0) is 9.63 Å². The van der Waals surface area contributed by atoms with Gasteiger partial charge in [0, 0.05) is 6.08 Å². The first-order chi connectivity index (χ1) is 5.07. The first-order valence-electron chi connectivity index (χ1n) is 2.67. The molecule has 0 aromatic carbocycles. The van der Waals surface area contributed by atoms with Crippen molar-refractivity contribution in [3.05, 3.63) is 23.7 Å². The summed E-state index contributed by atoms with van der Waals surface area (Å²) in [5.74, 6) is 3.86. The summed E-state index contributed by atoms with van der Waals surface area (Å²) in [5.41, 5.74) is 14.9. The van der Waals surface area contributed by atoms with Gasteiger partial charge in [0.25, 0.3) is 5.91 Å². The normalized spacial score (nSPS) is 12.8. The molecule has 0 heterocycles. The van der Waals surface area contributed by atoms with Gasteiger partial charge >= 0.3 is 0 Å². The fourth-order valence-electron chi connectivity index (χ4n) is 0.293. The molecule has 0 aliphatic carbocycles. The molecule has 0 unspecified atom stereocenters. The number of carbonyl (C=O) groups is 1. The van der Waals surface area contributed by atoms with Crippen LogP contribution in [0.4, 0.5) is 0 Å². The van der Waals surface area contributed by atoms with E-state index in [-0.39, 0.29) is 11.6 Å². The molecular weight excluding hydrogens is 148 g/mol. The first kappa shape index (κ1) is 9.31. The summed E-state index contributed by atoms with van der Waals surface area (Å²) in [6, 6.07) is 0. The van der Waals surface area contributed by atoms with E-state index in [0.29, 0.717) is 0 Å². The van der Waals surface area contributed by atoms with Gasteiger partial charge in [0.15, 0.2) is 0 Å². The number of hydrogen-bond donors (Lipinski definition) is 4. The molecular formula is C5H10N4O2. The fourth-order valence-corrected chi connectivity index (χ4v) is 0.293. The van der Waals surface area contributed by atoms with Gasteiger partial charge in [-0.2, -0.15) is 5.90 Å². The zero-order valence-corrected chi connectivity index (χ0v) is 5.78. The smallest absolute Gasteiger partial charge is 0.264 e. The van der Waals surface area contributed by atoms with E-state index in [4.69, 9.17) is 17.2 Å². The Kier molecular flexibility index (Phi) is 3.54. The zero-order valence-electron chi connectivity index (χ0n) is 5.78. The van der Waals surface area contributed by atoms with Gasteiger partial charge in [-0.05, 0) is 6.08 Å². The summed E-state index contributed by atoms with van der Waals surface area (Å²) in [4.78, 5) is 14.4. The van der Waals surface area contributed by atoms with Crippen LogP contribution in [0.3, 0.4) is 0 Å². The lowest BCUT2D eigenvalue weighted by molar-refractivity contribution is -0.114. The minimum absolute atomic E-state index is 0.0609. The maximum atomic E-state index is 10.3. The Morgan fingerprint density at radius 2 is 1.73 bits per heavy atom. The molecule has 0 bridgehead atoms. The molecule has 0 aliphatic rings. The molecule has 0 fully saturated rings. The third-order valence-corrected chi connectivity index (χ3v) is 0.848. The Morgan fingerprint density at radius 3 is 2.09 bits per heavy atom. The lowest BCUT2D eigenvalue weighted by Crippen LogP contribution is -2.19. The minimum Gasteiger partial charge on any atom is -0.394 e. The molecule has 0 aromatic rings. The van der Waals surface area contributed by atoms with Crippen molar-refractivity contribution in [3.8, 4) is 0 Å². The van der Waals surface area contributed by atoms with E-state index < -0.39 is 5.91 Å². The second-order valence-corrected chi connectivity index (χ2v) is 1.67. The Bertz CT molecular complexity index is 209. The van der Waals surface area contributed by atoms with E-state index in [2.05, 4.69) is 10.7 Å². The molecule has 0 aromatic heterocycles. The van der Waals surface area contributed by atoms with Gasteiger partial charge in [-0.3, -0.25) is 4.79 Å². The predicted molar refractivity (Wildman–Crippen MR) is 39.0 cm³/mol. The molecule has 0 spiro atoms. The number of amides is 1. The van der Waals surface area contributed by atoms with Crippen molar-refractivity contribution >= 4 is 5.91 Å². The summed E-state index contributed by atoms with van der Waals surface area (Å²) in [7, 11) is 0. The molecule has 6 nitrogen and oxygen atoms in total. The van der Waals surface area contributed by atoms with E-state index in [1.165, 1.54) is 12.2 Å². The van der Waals surface area contributed by atoms with Crippen LogP contribution in [0.1, 0.15) is 0 Å². The van der Waals surface area contributed by atoms with Crippen LogP contribution in [0.15, 0.2) is 23.7 Å². The van der Waals surface area contributed by atoms with E-state index in [1.54, 1.807) is 0 Å². The average Bonchev–Trinajstić information content (AvgIpc) is 1.99. The highest BCUT2D eigenvalue weighted by molar-refractivity contribution is 5.91. The van der Waals surface area contributed by atoms with Gasteiger partial charge in [-0.1, -0.05) is 0 Å². The second kappa shape index (κ2) is 4.18. The van der Waals surface area contributed by atoms with Crippen LogP contribution in [0.25, 0.3) is 0 Å². The largest absolute Gasteiger partial charge is 0.394 e. The molecule has 0 radical (unpaired) electrons. The molecule has 0 saturated heterocycles. The molecule has 1 amide bonds. The number of primary amides is 1. The van der Waals surface area contributed by atoms with Crippen molar-refractivity contribution in [2.24, 2.45) is 23.1 Å². The van der Waals surface area contributed by atoms with Gasteiger partial charge in [0.05, 0.1) is 5.70 Å². The zero-order chi connectivity index (χ0) is 8.85. The van der Waals surface area contributed by atoms with Crippen molar-refractivity contribution in [3.63, 3.8) is 0 Å². The van der Waals surface area contributed by atoms with Gasteiger partial charge in [-0.15, -0.1) is 0 Å². The standard InChI is InChI=1S/C5H10N4O2/c6-3(5(8)10)1-2-4(7)11-9/h1-2H,6-7,9H2,(H2,8,10)/b3-1-,4-2+. The van der Waals surface area contributed by atoms with Gasteiger partial charge in [0.2, 0.25) is 5.88 Å². The lowest BCUT2D eigenvalue weighted by atomic mass is 10.4. The van der Waals surface area contributed by atoms with Crippen LogP contribution in [0.2, 0.25) is 0 Å². The van der Waals surface area contributed by atoms with Crippen LogP contribution in [0.5, 0.6) is 0 Å². The maximum absolute atomic E-state index is 10.3. The molecule has 6 heteroatoms. The summed E-state index contributed by atoms with van der Waals surface area (Å²) < 4.78 is 0. The molecule has 0 rings (SSSR count). The van der Waals surface area contributed by atoms with Crippen molar-refractivity contribution in [2.45, 2.75) is 0 Å². The average molecular weight is 158 g/mol. The van der Waals surface area contributed by atoms with Crippen molar-refractivity contribution in [1.82, 2.24) is 0 Å². The molecule has 0 atom stereocenters. The highest BCUT2D eigenvalue weighted by atomic mass is 16.6. The summed E-state index contributed by atoms with van der Waals surface area (Å²) in [5, 5.41) is 0. The highest BCUT2D eigenvalue weighted by Crippen LogP contribution is 1.86. The second-order valence-electron chi connectivity index (χ2n) is 1.67. The van der Waals surface area contributed by atoms with E-state index in [1.807, 2.05) is 0 Å². The third kappa shape index (κ3) is 3.82. The van der Waals surface area contributed by atoms with Gasteiger partial charge < -0.3 is 22.0 Å². The van der Waals surface area contributed by atoms with Crippen LogP contribution in [0, 0.1) is 0 Å². The summed E-state index contributed by atoms with van der Waals surface area (Å²) >= 11 is 0. The SMILES string of the molecule is NO/C(N)=C/C=C(\N)C(N)=O.